The first-order valence-corrected chi connectivity index (χ1v) is 11.4. The van der Waals surface area contributed by atoms with E-state index in [2.05, 4.69) is 49.9 Å². The van der Waals surface area contributed by atoms with E-state index in [0.717, 1.165) is 18.5 Å². The summed E-state index contributed by atoms with van der Waals surface area (Å²) in [7, 11) is -3.50. The van der Waals surface area contributed by atoms with Crippen LogP contribution in [-0.4, -0.2) is 45.0 Å². The highest BCUT2D eigenvalue weighted by molar-refractivity contribution is 7.89. The summed E-state index contributed by atoms with van der Waals surface area (Å²) in [6, 6.07) is 15.3. The number of sulfonamides is 1. The minimum atomic E-state index is -3.50. The van der Waals surface area contributed by atoms with Gasteiger partial charge in [0.15, 0.2) is 0 Å². The van der Waals surface area contributed by atoms with E-state index in [9.17, 15) is 8.42 Å². The van der Waals surface area contributed by atoms with Gasteiger partial charge >= 0.3 is 0 Å². The number of aryl methyl sites for hydroxylation is 1. The number of hydrogen-bond acceptors (Lipinski definition) is 4. The van der Waals surface area contributed by atoms with Crippen LogP contribution in [0.3, 0.4) is 0 Å². The highest BCUT2D eigenvalue weighted by atomic mass is 32.2. The summed E-state index contributed by atoms with van der Waals surface area (Å²) in [4.78, 5) is 2.60. The number of benzene rings is 2. The van der Waals surface area contributed by atoms with Crippen LogP contribution >= 0.6 is 0 Å². The molecule has 1 saturated heterocycles. The quantitative estimate of drug-likeness (QED) is 0.655. The number of rotatable bonds is 7. The molecule has 28 heavy (non-hydrogen) atoms. The average molecular weight is 403 g/mol. The van der Waals surface area contributed by atoms with Gasteiger partial charge in [0.1, 0.15) is 5.75 Å². The van der Waals surface area contributed by atoms with Crippen LogP contribution in [-0.2, 0) is 10.0 Å². The van der Waals surface area contributed by atoms with Crippen LogP contribution in [0, 0.1) is 6.92 Å². The fraction of sp³-hybridized carbons (Fsp3) is 0.455. The van der Waals surface area contributed by atoms with Crippen molar-refractivity contribution in [1.82, 2.24) is 4.31 Å². The Hall–Kier alpha value is -2.05. The van der Waals surface area contributed by atoms with E-state index in [1.54, 1.807) is 28.6 Å². The Balaban J connectivity index is 1.67. The second kappa shape index (κ2) is 8.97. The van der Waals surface area contributed by atoms with E-state index in [-0.39, 0.29) is 6.04 Å². The summed E-state index contributed by atoms with van der Waals surface area (Å²) >= 11 is 0. The molecule has 2 aromatic rings. The van der Waals surface area contributed by atoms with Gasteiger partial charge in [0, 0.05) is 31.4 Å². The lowest BCUT2D eigenvalue weighted by molar-refractivity contribution is 0.309. The first-order chi connectivity index (χ1) is 13.4. The predicted octanol–water partition coefficient (Wildman–Crippen LogP) is 4.07. The van der Waals surface area contributed by atoms with Gasteiger partial charge in [0.2, 0.25) is 10.0 Å². The van der Waals surface area contributed by atoms with E-state index < -0.39 is 10.0 Å². The molecule has 6 heteroatoms. The Labute approximate surface area is 169 Å². The molecule has 1 aliphatic rings. The average Bonchev–Trinajstić information content (AvgIpc) is 2.69. The SMILES string of the molecule is CCCCOc1ccc(S(=O)(=O)N2CCN(c3ccc(C)cc3)C(C)C2)cc1. The third-order valence-electron chi connectivity index (χ3n) is 5.18. The Morgan fingerprint density at radius 1 is 1.04 bits per heavy atom. The predicted molar refractivity (Wildman–Crippen MR) is 114 cm³/mol. The van der Waals surface area contributed by atoms with E-state index in [1.165, 1.54) is 5.56 Å². The number of ether oxygens (including phenoxy) is 1. The summed E-state index contributed by atoms with van der Waals surface area (Å²) in [5, 5.41) is 0. The largest absolute Gasteiger partial charge is 0.494 e. The normalized spacial score (nSPS) is 18.2. The molecule has 5 nitrogen and oxygen atoms in total. The van der Waals surface area contributed by atoms with Gasteiger partial charge in [-0.3, -0.25) is 0 Å². The molecule has 0 aromatic heterocycles. The van der Waals surface area contributed by atoms with Gasteiger partial charge < -0.3 is 9.64 Å². The number of piperazine rings is 1. The van der Waals surface area contributed by atoms with Gasteiger partial charge in [-0.1, -0.05) is 31.0 Å². The maximum Gasteiger partial charge on any atom is 0.243 e. The van der Waals surface area contributed by atoms with Gasteiger partial charge in [-0.2, -0.15) is 4.31 Å². The Morgan fingerprint density at radius 2 is 1.71 bits per heavy atom. The first-order valence-electron chi connectivity index (χ1n) is 9.98. The van der Waals surface area contributed by atoms with Gasteiger partial charge in [-0.05, 0) is 56.7 Å². The van der Waals surface area contributed by atoms with Crippen LogP contribution in [0.2, 0.25) is 0 Å². The Kier molecular flexibility index (Phi) is 6.62. The monoisotopic (exact) mass is 402 g/mol. The Morgan fingerprint density at radius 3 is 2.32 bits per heavy atom. The lowest BCUT2D eigenvalue weighted by atomic mass is 10.1. The third-order valence-corrected chi connectivity index (χ3v) is 7.06. The molecule has 0 aliphatic carbocycles. The standard InChI is InChI=1S/C22H30N2O3S/c1-4-5-16-27-21-10-12-22(13-11-21)28(25,26)23-14-15-24(19(3)17-23)20-8-6-18(2)7-9-20/h6-13,19H,4-5,14-17H2,1-3H3. The third kappa shape index (κ3) is 4.67. The van der Waals surface area contributed by atoms with Gasteiger partial charge in [0.05, 0.1) is 11.5 Å². The molecule has 1 heterocycles. The molecule has 0 bridgehead atoms. The molecule has 0 radical (unpaired) electrons. The lowest BCUT2D eigenvalue weighted by Gasteiger charge is -2.40. The number of anilines is 1. The van der Waals surface area contributed by atoms with Crippen LogP contribution < -0.4 is 9.64 Å². The fourth-order valence-corrected chi connectivity index (χ4v) is 4.97. The number of unbranched alkanes of at least 4 members (excludes halogenated alkanes) is 1. The molecule has 2 aromatic carbocycles. The van der Waals surface area contributed by atoms with E-state index in [4.69, 9.17) is 4.74 Å². The summed E-state index contributed by atoms with van der Waals surface area (Å²) in [5.41, 5.74) is 2.36. The number of nitrogens with zero attached hydrogens (tertiary/aromatic N) is 2. The molecule has 1 aliphatic heterocycles. The maximum absolute atomic E-state index is 13.1. The van der Waals surface area contributed by atoms with E-state index >= 15 is 0 Å². The summed E-state index contributed by atoms with van der Waals surface area (Å²) in [6.45, 7) is 8.55. The van der Waals surface area contributed by atoms with Gasteiger partial charge in [-0.15, -0.1) is 0 Å². The molecule has 1 unspecified atom stereocenters. The molecular formula is C22H30N2O3S. The van der Waals surface area contributed by atoms with Crippen molar-refractivity contribution < 1.29 is 13.2 Å². The first kappa shape index (κ1) is 20.7. The van der Waals surface area contributed by atoms with Crippen LogP contribution in [0.15, 0.2) is 53.4 Å². The highest BCUT2D eigenvalue weighted by Gasteiger charge is 2.32. The van der Waals surface area contributed by atoms with Gasteiger partial charge in [0.25, 0.3) is 0 Å². The molecule has 3 rings (SSSR count). The molecular weight excluding hydrogens is 372 g/mol. The number of hydrogen-bond donors (Lipinski definition) is 0. The topological polar surface area (TPSA) is 49.9 Å². The minimum absolute atomic E-state index is 0.114. The highest BCUT2D eigenvalue weighted by Crippen LogP contribution is 2.25. The second-order valence-corrected chi connectivity index (χ2v) is 9.35. The molecule has 0 saturated carbocycles. The van der Waals surface area contributed by atoms with Crippen molar-refractivity contribution in [2.24, 2.45) is 0 Å². The van der Waals surface area contributed by atoms with Crippen molar-refractivity contribution in [3.8, 4) is 5.75 Å². The fourth-order valence-electron chi connectivity index (χ4n) is 3.45. The summed E-state index contributed by atoms with van der Waals surface area (Å²) in [5.74, 6) is 0.713. The van der Waals surface area contributed by atoms with Crippen molar-refractivity contribution in [3.05, 3.63) is 54.1 Å². The zero-order valence-electron chi connectivity index (χ0n) is 17.0. The van der Waals surface area contributed by atoms with Crippen molar-refractivity contribution in [1.29, 1.82) is 0 Å². The van der Waals surface area contributed by atoms with E-state index in [0.29, 0.717) is 36.9 Å². The van der Waals surface area contributed by atoms with Gasteiger partial charge in [-0.25, -0.2) is 8.42 Å². The molecule has 0 N–H and O–H groups in total. The maximum atomic E-state index is 13.1. The summed E-state index contributed by atoms with van der Waals surface area (Å²) < 4.78 is 33.3. The van der Waals surface area contributed by atoms with Crippen LogP contribution in [0.1, 0.15) is 32.3 Å². The zero-order chi connectivity index (χ0) is 20.1. The molecule has 152 valence electrons. The Bertz CT molecular complexity index is 864. The van der Waals surface area contributed by atoms with Crippen molar-refractivity contribution >= 4 is 15.7 Å². The minimum Gasteiger partial charge on any atom is -0.494 e. The van der Waals surface area contributed by atoms with Crippen LogP contribution in [0.5, 0.6) is 5.75 Å². The molecule has 1 atom stereocenters. The van der Waals surface area contributed by atoms with Crippen molar-refractivity contribution in [2.75, 3.05) is 31.1 Å². The zero-order valence-corrected chi connectivity index (χ0v) is 17.8. The second-order valence-electron chi connectivity index (χ2n) is 7.41. The lowest BCUT2D eigenvalue weighted by Crippen LogP contribution is -2.53. The molecule has 1 fully saturated rings. The van der Waals surface area contributed by atoms with E-state index in [1.807, 2.05) is 0 Å². The summed E-state index contributed by atoms with van der Waals surface area (Å²) in [6.07, 6.45) is 2.06. The van der Waals surface area contributed by atoms with Crippen molar-refractivity contribution in [2.45, 2.75) is 44.6 Å². The molecule has 0 amide bonds. The van der Waals surface area contributed by atoms with Crippen molar-refractivity contribution in [3.63, 3.8) is 0 Å². The van der Waals surface area contributed by atoms with Crippen LogP contribution in [0.25, 0.3) is 0 Å². The molecule has 0 spiro atoms. The van der Waals surface area contributed by atoms with Crippen LogP contribution in [0.4, 0.5) is 5.69 Å². The smallest absolute Gasteiger partial charge is 0.243 e.